The minimum absolute atomic E-state index is 0.204. The number of nitrogens with one attached hydrogen (secondary N) is 2. The number of nitrogens with zero attached hydrogens (tertiary/aromatic N) is 2. The van der Waals surface area contributed by atoms with Crippen LogP contribution in [0.2, 0.25) is 5.02 Å². The van der Waals surface area contributed by atoms with Crippen LogP contribution in [0.1, 0.15) is 31.4 Å². The van der Waals surface area contributed by atoms with Crippen molar-refractivity contribution in [1.82, 2.24) is 10.2 Å². The van der Waals surface area contributed by atoms with E-state index in [9.17, 15) is 8.78 Å². The Labute approximate surface area is 207 Å². The Bertz CT molecular complexity index is 1030. The molecule has 4 atom stereocenters. The van der Waals surface area contributed by atoms with Gasteiger partial charge in [-0.05, 0) is 61.3 Å². The van der Waals surface area contributed by atoms with Crippen LogP contribution in [0.5, 0.6) is 0 Å². The summed E-state index contributed by atoms with van der Waals surface area (Å²) in [4.78, 5) is 7.43. The minimum atomic E-state index is -1.22. The largest absolute Gasteiger partial charge is 0.362 e. The van der Waals surface area contributed by atoms with E-state index in [-0.39, 0.29) is 16.0 Å². The van der Waals surface area contributed by atoms with E-state index in [2.05, 4.69) is 28.0 Å². The molecule has 2 unspecified atom stereocenters. The van der Waals surface area contributed by atoms with E-state index in [0.717, 1.165) is 42.2 Å². The molecule has 2 N–H and O–H groups in total. The van der Waals surface area contributed by atoms with E-state index in [1.165, 1.54) is 25.3 Å². The summed E-state index contributed by atoms with van der Waals surface area (Å²) in [6.45, 7) is 2.25. The van der Waals surface area contributed by atoms with Crippen LogP contribution in [0.25, 0.3) is 0 Å². The van der Waals surface area contributed by atoms with Crippen molar-refractivity contribution in [2.75, 3.05) is 18.6 Å². The van der Waals surface area contributed by atoms with E-state index in [4.69, 9.17) is 22.0 Å². The average Bonchev–Trinajstić information content (AvgIpc) is 3.42. The summed E-state index contributed by atoms with van der Waals surface area (Å²) in [6, 6.07) is 3.82. The van der Waals surface area contributed by atoms with E-state index in [1.807, 2.05) is 11.8 Å². The molecule has 33 heavy (non-hydrogen) atoms. The Hall–Kier alpha value is -1.77. The zero-order chi connectivity index (χ0) is 23.5. The second-order valence-electron chi connectivity index (χ2n) is 8.31. The van der Waals surface area contributed by atoms with Gasteiger partial charge < -0.3 is 15.6 Å². The molecule has 9 heteroatoms. The third kappa shape index (κ3) is 5.33. The Kier molecular flexibility index (Phi) is 7.87. The van der Waals surface area contributed by atoms with Gasteiger partial charge in [0.25, 0.3) is 0 Å². The molecule has 4 rings (SSSR count). The van der Waals surface area contributed by atoms with Crippen molar-refractivity contribution in [1.29, 1.82) is 5.41 Å². The number of amidine groups is 1. The van der Waals surface area contributed by atoms with Gasteiger partial charge in [-0.25, -0.2) is 8.78 Å². The third-order valence-corrected chi connectivity index (χ3v) is 8.09. The zero-order valence-electron chi connectivity index (χ0n) is 18.5. The lowest BCUT2D eigenvalue weighted by Crippen LogP contribution is -2.39. The summed E-state index contributed by atoms with van der Waals surface area (Å²) >= 11 is 10.1. The zero-order valence-corrected chi connectivity index (χ0v) is 20.9. The highest BCUT2D eigenvalue weighted by atomic mass is 35.5. The van der Waals surface area contributed by atoms with Crippen LogP contribution in [-0.2, 0) is 0 Å². The standard InChI is InChI=1S/C24H27ClF2N4S2/c1-14(26)29-8-7-19(28)22-20-10-15(13-32-2)12-31(20)24(21-4-3-9-33-21)30-23(22)17-6-5-16(27)11-18(17)25/h3,5-9,11,14-15,21,23,28-29H,4,10,12-13H2,1-2H3/b8-7-,28-19?/t14?,15-,21?,23-/m0/s1. The predicted molar refractivity (Wildman–Crippen MR) is 138 cm³/mol. The molecule has 0 radical (unpaired) electrons. The van der Waals surface area contributed by atoms with Crippen molar-refractivity contribution in [2.24, 2.45) is 10.9 Å². The monoisotopic (exact) mass is 508 g/mol. The lowest BCUT2D eigenvalue weighted by Gasteiger charge is -2.35. The molecule has 0 bridgehead atoms. The fourth-order valence-electron chi connectivity index (χ4n) is 4.49. The van der Waals surface area contributed by atoms with Gasteiger partial charge in [-0.3, -0.25) is 4.99 Å². The predicted octanol–water partition coefficient (Wildman–Crippen LogP) is 6.33. The molecule has 1 fully saturated rings. The molecule has 3 aliphatic rings. The van der Waals surface area contributed by atoms with Gasteiger partial charge in [0.15, 0.2) is 6.30 Å². The molecule has 0 amide bonds. The third-order valence-electron chi connectivity index (χ3n) is 5.87. The van der Waals surface area contributed by atoms with E-state index in [1.54, 1.807) is 23.9 Å². The molecule has 176 valence electrons. The Balaban J connectivity index is 1.82. The summed E-state index contributed by atoms with van der Waals surface area (Å²) in [5, 5.41) is 14.1. The fourth-order valence-corrected chi connectivity index (χ4v) is 6.40. The number of benzene rings is 1. The lowest BCUT2D eigenvalue weighted by molar-refractivity contribution is 0.329. The Morgan fingerprint density at radius 1 is 1.48 bits per heavy atom. The average molecular weight is 509 g/mol. The van der Waals surface area contributed by atoms with Gasteiger partial charge >= 0.3 is 0 Å². The highest BCUT2D eigenvalue weighted by Gasteiger charge is 2.41. The number of thioether (sulfide) groups is 2. The van der Waals surface area contributed by atoms with Crippen LogP contribution in [0, 0.1) is 17.1 Å². The van der Waals surface area contributed by atoms with E-state index >= 15 is 0 Å². The van der Waals surface area contributed by atoms with Crippen LogP contribution in [-0.4, -0.2) is 46.5 Å². The van der Waals surface area contributed by atoms with Gasteiger partial charge in [-0.2, -0.15) is 11.8 Å². The summed E-state index contributed by atoms with van der Waals surface area (Å²) in [6.07, 6.45) is 7.79. The maximum absolute atomic E-state index is 13.8. The van der Waals surface area contributed by atoms with Gasteiger partial charge in [0.05, 0.1) is 11.0 Å². The molecular formula is C24H27ClF2N4S2. The van der Waals surface area contributed by atoms with Crippen molar-refractivity contribution in [2.45, 2.75) is 37.4 Å². The molecule has 3 heterocycles. The first-order valence-electron chi connectivity index (χ1n) is 10.9. The maximum atomic E-state index is 13.8. The van der Waals surface area contributed by atoms with Crippen LogP contribution >= 0.6 is 35.1 Å². The number of allylic oxidation sites excluding steroid dienone is 3. The molecule has 0 aliphatic carbocycles. The smallest absolute Gasteiger partial charge is 0.166 e. The highest BCUT2D eigenvalue weighted by molar-refractivity contribution is 8.03. The van der Waals surface area contributed by atoms with Gasteiger partial charge in [-0.1, -0.05) is 23.7 Å². The van der Waals surface area contributed by atoms with Gasteiger partial charge in [0, 0.05) is 34.6 Å². The molecule has 3 aliphatic heterocycles. The SMILES string of the molecule is CSC[C@H]1CC2=C(C(=N)/C=C\NC(C)F)[C@H](c3ccc(F)cc3Cl)N=C(C3CC=CS3)N2C1. The fraction of sp³-hybridized carbons (Fsp3) is 0.417. The van der Waals surface area contributed by atoms with Crippen molar-refractivity contribution in [3.05, 3.63) is 69.6 Å². The highest BCUT2D eigenvalue weighted by Crippen LogP contribution is 2.45. The lowest BCUT2D eigenvalue weighted by atomic mass is 9.90. The van der Waals surface area contributed by atoms with Gasteiger partial charge in [0.2, 0.25) is 0 Å². The van der Waals surface area contributed by atoms with Crippen molar-refractivity contribution >= 4 is 46.7 Å². The van der Waals surface area contributed by atoms with E-state index in [0.29, 0.717) is 11.5 Å². The Morgan fingerprint density at radius 2 is 2.30 bits per heavy atom. The first-order chi connectivity index (χ1) is 15.9. The molecule has 0 aromatic heterocycles. The number of rotatable bonds is 8. The second kappa shape index (κ2) is 10.7. The topological polar surface area (TPSA) is 51.5 Å². The van der Waals surface area contributed by atoms with Crippen LogP contribution in [0.3, 0.4) is 0 Å². The number of alkyl halides is 1. The summed E-state index contributed by atoms with van der Waals surface area (Å²) in [5.41, 5.74) is 2.74. The summed E-state index contributed by atoms with van der Waals surface area (Å²) in [7, 11) is 0. The van der Waals surface area contributed by atoms with Crippen molar-refractivity contribution in [3.63, 3.8) is 0 Å². The number of halogens is 3. The van der Waals surface area contributed by atoms with Crippen molar-refractivity contribution in [3.8, 4) is 0 Å². The van der Waals surface area contributed by atoms with Crippen LogP contribution in [0.4, 0.5) is 8.78 Å². The number of hydrogen-bond acceptors (Lipinski definition) is 6. The number of aliphatic imine (C=N–C) groups is 1. The van der Waals surface area contributed by atoms with Gasteiger partial charge in [0.1, 0.15) is 17.7 Å². The van der Waals surface area contributed by atoms with Crippen LogP contribution in [0.15, 0.2) is 58.2 Å². The van der Waals surface area contributed by atoms with E-state index < -0.39 is 18.2 Å². The van der Waals surface area contributed by atoms with Crippen molar-refractivity contribution < 1.29 is 8.78 Å². The molecule has 0 saturated carbocycles. The summed E-state index contributed by atoms with van der Waals surface area (Å²) < 4.78 is 27.1. The quantitative estimate of drug-likeness (QED) is 0.318. The minimum Gasteiger partial charge on any atom is -0.362 e. The molecule has 4 nitrogen and oxygen atoms in total. The first-order valence-corrected chi connectivity index (χ1v) is 13.6. The normalized spacial score (nSPS) is 25.5. The molecular weight excluding hydrogens is 482 g/mol. The first kappa shape index (κ1) is 24.4. The molecule has 1 saturated heterocycles. The number of fused-ring (bicyclic) bond motifs is 1. The molecule has 1 aromatic carbocycles. The van der Waals surface area contributed by atoms with Gasteiger partial charge in [-0.15, -0.1) is 11.8 Å². The molecule has 0 spiro atoms. The van der Waals surface area contributed by atoms with Crippen LogP contribution < -0.4 is 5.32 Å². The molecule has 1 aromatic rings. The Morgan fingerprint density at radius 3 is 2.97 bits per heavy atom. The summed E-state index contributed by atoms with van der Waals surface area (Å²) in [5.74, 6) is 2.04. The second-order valence-corrected chi connectivity index (χ2v) is 10.7. The number of hydrogen-bond donors (Lipinski definition) is 2. The maximum Gasteiger partial charge on any atom is 0.166 e.